The summed E-state index contributed by atoms with van der Waals surface area (Å²) < 4.78 is 5.76. The SMILES string of the molecule is N#CCCCCC(=O)C1CC2COCC(C1)N2Cc1ccccc1. The van der Waals surface area contributed by atoms with Gasteiger partial charge in [-0.25, -0.2) is 0 Å². The molecule has 1 aromatic carbocycles. The van der Waals surface area contributed by atoms with E-state index < -0.39 is 0 Å². The topological polar surface area (TPSA) is 53.3 Å². The van der Waals surface area contributed by atoms with Crippen molar-refractivity contribution in [2.75, 3.05) is 13.2 Å². The number of fused-ring (bicyclic) bond motifs is 2. The average Bonchev–Trinajstić information content (AvgIpc) is 2.59. The molecule has 24 heavy (non-hydrogen) atoms. The Balaban J connectivity index is 1.57. The van der Waals surface area contributed by atoms with E-state index in [9.17, 15) is 4.79 Å². The quantitative estimate of drug-likeness (QED) is 0.721. The van der Waals surface area contributed by atoms with Crippen molar-refractivity contribution in [2.45, 2.75) is 57.2 Å². The second-order valence-corrected chi connectivity index (χ2v) is 7.00. The van der Waals surface area contributed by atoms with Crippen LogP contribution in [0.1, 0.15) is 44.1 Å². The van der Waals surface area contributed by atoms with Gasteiger partial charge < -0.3 is 4.74 Å². The highest BCUT2D eigenvalue weighted by Gasteiger charge is 2.40. The highest BCUT2D eigenvalue weighted by molar-refractivity contribution is 5.81. The molecule has 4 nitrogen and oxygen atoms in total. The van der Waals surface area contributed by atoms with Gasteiger partial charge in [0.25, 0.3) is 0 Å². The molecule has 2 aliphatic rings. The predicted octanol–water partition coefficient (Wildman–Crippen LogP) is 3.32. The number of carbonyl (C=O) groups excluding carboxylic acids is 1. The van der Waals surface area contributed by atoms with E-state index in [4.69, 9.17) is 10.00 Å². The maximum absolute atomic E-state index is 12.5. The summed E-state index contributed by atoms with van der Waals surface area (Å²) in [5.41, 5.74) is 1.33. The van der Waals surface area contributed by atoms with E-state index in [1.807, 2.05) is 6.07 Å². The third kappa shape index (κ3) is 4.23. The van der Waals surface area contributed by atoms with Crippen molar-refractivity contribution in [3.63, 3.8) is 0 Å². The summed E-state index contributed by atoms with van der Waals surface area (Å²) >= 11 is 0. The third-order valence-corrected chi connectivity index (χ3v) is 5.30. The lowest BCUT2D eigenvalue weighted by Gasteiger charge is -2.48. The second-order valence-electron chi connectivity index (χ2n) is 7.00. The molecule has 0 spiro atoms. The van der Waals surface area contributed by atoms with Crippen LogP contribution in [0.25, 0.3) is 0 Å². The summed E-state index contributed by atoms with van der Waals surface area (Å²) in [6.45, 7) is 2.42. The lowest BCUT2D eigenvalue weighted by Crippen LogP contribution is -2.57. The third-order valence-electron chi connectivity index (χ3n) is 5.30. The fourth-order valence-electron chi connectivity index (χ4n) is 4.01. The molecule has 2 bridgehead atoms. The standard InChI is InChI=1S/C20H26N2O2/c21-10-6-2-5-9-20(23)17-11-18-14-24-15-19(12-17)22(18)13-16-7-3-1-4-8-16/h1,3-4,7-8,17-19H,2,5-6,9,11-15H2. The monoisotopic (exact) mass is 326 g/mol. The fourth-order valence-corrected chi connectivity index (χ4v) is 4.01. The van der Waals surface area contributed by atoms with Crippen molar-refractivity contribution in [1.82, 2.24) is 4.90 Å². The minimum Gasteiger partial charge on any atom is -0.378 e. The second kappa shape index (κ2) is 8.41. The Kier molecular flexibility index (Phi) is 6.01. The number of carbonyl (C=O) groups is 1. The smallest absolute Gasteiger partial charge is 0.136 e. The first kappa shape index (κ1) is 17.1. The van der Waals surface area contributed by atoms with Crippen LogP contribution in [0.2, 0.25) is 0 Å². The Morgan fingerprint density at radius 1 is 1.17 bits per heavy atom. The van der Waals surface area contributed by atoms with Crippen LogP contribution in [0, 0.1) is 17.2 Å². The number of rotatable bonds is 7. The molecule has 2 aliphatic heterocycles. The summed E-state index contributed by atoms with van der Waals surface area (Å²) in [6, 6.07) is 13.4. The first-order valence-electron chi connectivity index (χ1n) is 9.05. The Hall–Kier alpha value is -1.70. The number of hydrogen-bond acceptors (Lipinski definition) is 4. The van der Waals surface area contributed by atoms with Gasteiger partial charge in [0.15, 0.2) is 0 Å². The molecule has 0 N–H and O–H groups in total. The van der Waals surface area contributed by atoms with Crippen molar-refractivity contribution in [3.05, 3.63) is 35.9 Å². The molecule has 4 heteroatoms. The van der Waals surface area contributed by atoms with E-state index in [-0.39, 0.29) is 5.92 Å². The molecule has 0 saturated carbocycles. The molecule has 0 radical (unpaired) electrons. The summed E-state index contributed by atoms with van der Waals surface area (Å²) in [5, 5.41) is 8.59. The predicted molar refractivity (Wildman–Crippen MR) is 92.2 cm³/mol. The number of ether oxygens (including phenoxy) is 1. The minimum absolute atomic E-state index is 0.179. The van der Waals surface area contributed by atoms with Crippen LogP contribution in [0.15, 0.2) is 30.3 Å². The van der Waals surface area contributed by atoms with Gasteiger partial charge in [-0.15, -0.1) is 0 Å². The number of morpholine rings is 1. The normalized spacial score (nSPS) is 26.7. The number of nitriles is 1. The Morgan fingerprint density at radius 3 is 2.54 bits per heavy atom. The summed E-state index contributed by atoms with van der Waals surface area (Å²) in [5.74, 6) is 0.571. The first-order valence-corrected chi connectivity index (χ1v) is 9.05. The summed E-state index contributed by atoms with van der Waals surface area (Å²) in [7, 11) is 0. The van der Waals surface area contributed by atoms with E-state index in [1.165, 1.54) is 5.56 Å². The molecule has 3 rings (SSSR count). The van der Waals surface area contributed by atoms with E-state index in [2.05, 4.69) is 35.2 Å². The Morgan fingerprint density at radius 2 is 1.88 bits per heavy atom. The van der Waals surface area contributed by atoms with Crippen molar-refractivity contribution >= 4 is 5.78 Å². The van der Waals surface area contributed by atoms with Crippen LogP contribution in [-0.2, 0) is 16.1 Å². The molecule has 0 aromatic heterocycles. The summed E-state index contributed by atoms with van der Waals surface area (Å²) in [6.07, 6.45) is 4.71. The number of piperidine rings is 1. The lowest BCUT2D eigenvalue weighted by molar-refractivity contribution is -0.133. The molecule has 2 fully saturated rings. The molecule has 2 saturated heterocycles. The molecule has 2 heterocycles. The van der Waals surface area contributed by atoms with Crippen molar-refractivity contribution in [1.29, 1.82) is 5.26 Å². The maximum atomic E-state index is 12.5. The van der Waals surface area contributed by atoms with Gasteiger partial charge in [-0.2, -0.15) is 5.26 Å². The zero-order chi connectivity index (χ0) is 16.8. The van der Waals surface area contributed by atoms with Crippen LogP contribution < -0.4 is 0 Å². The molecule has 2 unspecified atom stereocenters. The largest absolute Gasteiger partial charge is 0.378 e. The average molecular weight is 326 g/mol. The lowest BCUT2D eigenvalue weighted by atomic mass is 9.81. The van der Waals surface area contributed by atoms with E-state index in [1.54, 1.807) is 0 Å². The number of Topliss-reactive ketones (excluding diaryl/α,β-unsaturated/α-hetero) is 1. The number of ketones is 1. The maximum Gasteiger partial charge on any atom is 0.136 e. The zero-order valence-electron chi connectivity index (χ0n) is 14.2. The number of benzene rings is 1. The van der Waals surface area contributed by atoms with Gasteiger partial charge in [0, 0.05) is 37.4 Å². The van der Waals surface area contributed by atoms with Crippen molar-refractivity contribution in [3.8, 4) is 6.07 Å². The van der Waals surface area contributed by atoms with Gasteiger partial charge in [0.1, 0.15) is 5.78 Å². The highest BCUT2D eigenvalue weighted by atomic mass is 16.5. The number of nitrogens with zero attached hydrogens (tertiary/aromatic N) is 2. The van der Waals surface area contributed by atoms with Gasteiger partial charge >= 0.3 is 0 Å². The molecule has 128 valence electrons. The van der Waals surface area contributed by atoms with Crippen molar-refractivity contribution < 1.29 is 9.53 Å². The van der Waals surface area contributed by atoms with Gasteiger partial charge in [-0.1, -0.05) is 30.3 Å². The van der Waals surface area contributed by atoms with E-state index in [0.29, 0.717) is 30.7 Å². The minimum atomic E-state index is 0.179. The molecule has 1 aromatic rings. The number of hydrogen-bond donors (Lipinski definition) is 0. The van der Waals surface area contributed by atoms with Gasteiger partial charge in [-0.05, 0) is 31.2 Å². The van der Waals surface area contributed by atoms with Crippen LogP contribution in [0.3, 0.4) is 0 Å². The van der Waals surface area contributed by atoms with Crippen LogP contribution in [0.4, 0.5) is 0 Å². The summed E-state index contributed by atoms with van der Waals surface area (Å²) in [4.78, 5) is 15.1. The van der Waals surface area contributed by atoms with Gasteiger partial charge in [-0.3, -0.25) is 9.69 Å². The molecular formula is C20H26N2O2. The molecule has 2 atom stereocenters. The first-order chi connectivity index (χ1) is 11.8. The van der Waals surface area contributed by atoms with Crippen LogP contribution in [0.5, 0.6) is 0 Å². The number of unbranched alkanes of at least 4 members (excludes halogenated alkanes) is 2. The Bertz CT molecular complexity index is 567. The van der Waals surface area contributed by atoms with Crippen LogP contribution >= 0.6 is 0 Å². The van der Waals surface area contributed by atoms with E-state index in [0.717, 1.165) is 45.4 Å². The molecular weight excluding hydrogens is 300 g/mol. The molecule has 0 aliphatic carbocycles. The molecule has 0 amide bonds. The van der Waals surface area contributed by atoms with Crippen LogP contribution in [-0.4, -0.2) is 36.0 Å². The zero-order valence-corrected chi connectivity index (χ0v) is 14.2. The van der Waals surface area contributed by atoms with E-state index >= 15 is 0 Å². The van der Waals surface area contributed by atoms with Crippen molar-refractivity contribution in [2.24, 2.45) is 5.92 Å². The fraction of sp³-hybridized carbons (Fsp3) is 0.600. The van der Waals surface area contributed by atoms with Gasteiger partial charge in [0.2, 0.25) is 0 Å². The Labute approximate surface area is 144 Å². The highest BCUT2D eigenvalue weighted by Crippen LogP contribution is 2.34. The van der Waals surface area contributed by atoms with Gasteiger partial charge in [0.05, 0.1) is 19.3 Å².